The van der Waals surface area contributed by atoms with Gasteiger partial charge in [-0.15, -0.1) is 11.6 Å². The third-order valence-electron chi connectivity index (χ3n) is 6.54. The predicted molar refractivity (Wildman–Crippen MR) is 215 cm³/mol. The zero-order chi connectivity index (χ0) is 36.4. The second-order valence-corrected chi connectivity index (χ2v) is 14.1. The maximum Gasteiger partial charge on any atom is 0.234 e. The number of carbonyl (C=O) groups is 2. The lowest BCUT2D eigenvalue weighted by Gasteiger charge is -2.02. The lowest BCUT2D eigenvalue weighted by molar-refractivity contribution is -0.119. The summed E-state index contributed by atoms with van der Waals surface area (Å²) in [6, 6.07) is 15.3. The molecule has 3 heterocycles. The number of benzene rings is 2. The first-order valence-corrected chi connectivity index (χ1v) is 19.8. The highest BCUT2D eigenvalue weighted by Crippen LogP contribution is 2.26. The summed E-state index contributed by atoms with van der Waals surface area (Å²) in [5, 5.41) is 5.55. The van der Waals surface area contributed by atoms with Crippen LogP contribution in [-0.2, 0) is 14.3 Å². The van der Waals surface area contributed by atoms with Gasteiger partial charge in [0.25, 0.3) is 0 Å². The van der Waals surface area contributed by atoms with Gasteiger partial charge < -0.3 is 24.8 Å². The molecule has 1 aliphatic rings. The van der Waals surface area contributed by atoms with Gasteiger partial charge in [-0.3, -0.25) is 14.0 Å². The number of hydrogen-bond donors (Lipinski definition) is 3. The van der Waals surface area contributed by atoms with Crippen LogP contribution in [0.15, 0.2) is 52.9 Å². The fourth-order valence-electron chi connectivity index (χ4n) is 3.77. The smallest absolute Gasteiger partial charge is 0.234 e. The molecule has 4 aromatic rings. The van der Waals surface area contributed by atoms with E-state index in [0.29, 0.717) is 15.5 Å². The second-order valence-electron chi connectivity index (χ2n) is 10.4. The van der Waals surface area contributed by atoms with Gasteiger partial charge in [0.15, 0.2) is 14.1 Å². The van der Waals surface area contributed by atoms with E-state index in [1.54, 1.807) is 14.2 Å². The van der Waals surface area contributed by atoms with Crippen LogP contribution in [0.5, 0.6) is 11.5 Å². The number of nitrogens with one attached hydrogen (secondary N) is 3. The summed E-state index contributed by atoms with van der Waals surface area (Å²) in [7, 11) is 3.28. The van der Waals surface area contributed by atoms with Crippen LogP contribution in [0.25, 0.3) is 22.8 Å². The molecule has 5 rings (SSSR count). The molecule has 1 aliphatic heterocycles. The second kappa shape index (κ2) is 28.5. The Labute approximate surface area is 325 Å². The predicted octanol–water partition coefficient (Wildman–Crippen LogP) is 8.67. The molecular formula is C35H51ClN6O5S4. The molecule has 0 spiro atoms. The zero-order valence-electron chi connectivity index (χ0n) is 29.0. The quantitative estimate of drug-likeness (QED) is 0.0491. The minimum absolute atomic E-state index is 0. The number of aromatic amines is 1. The molecule has 0 atom stereocenters. The summed E-state index contributed by atoms with van der Waals surface area (Å²) in [6.45, 7) is 7.67. The standard InChI is InChI=1S/C15H19N3O2S2.C9H8N2OS2.C6H12ClNO.C4H8O.CH4/c1-3-4-9-16-13(19)10-21-15-17-14(18-22-15)11-5-7-12(20-2)8-6-11;1-12-7-4-2-6(3-5-7)8-10-9(13)14-11-8;1-2-3-4-8-6(9)5-7;1-2-4-5-3-1;/h5-8H,3-4,9-10H2,1-2H3,(H,16,19);2-5H,1H3,(H,10,11,13);2-5H2,1H3,(H,8,9);1-4H2;1H4. The number of H-pyrrole nitrogens is 1. The molecule has 11 nitrogen and oxygen atoms in total. The average molecular weight is 800 g/mol. The van der Waals surface area contributed by atoms with Crippen LogP contribution in [0, 0.1) is 3.95 Å². The molecule has 16 heteroatoms. The van der Waals surface area contributed by atoms with Gasteiger partial charge in [0.05, 0.1) is 20.0 Å². The lowest BCUT2D eigenvalue weighted by Crippen LogP contribution is -2.25. The van der Waals surface area contributed by atoms with Crippen molar-refractivity contribution in [2.24, 2.45) is 0 Å². The minimum Gasteiger partial charge on any atom is -0.497 e. The summed E-state index contributed by atoms with van der Waals surface area (Å²) in [4.78, 5) is 30.7. The lowest BCUT2D eigenvalue weighted by atomic mass is 10.2. The van der Waals surface area contributed by atoms with Crippen LogP contribution in [0.2, 0.25) is 0 Å². The van der Waals surface area contributed by atoms with Crippen LogP contribution >= 0.6 is 58.6 Å². The van der Waals surface area contributed by atoms with Gasteiger partial charge in [0.2, 0.25) is 11.8 Å². The Hall–Kier alpha value is -3.08. The monoisotopic (exact) mass is 798 g/mol. The number of thioether (sulfide) groups is 1. The first kappa shape index (κ1) is 45.9. The largest absolute Gasteiger partial charge is 0.497 e. The first-order valence-electron chi connectivity index (χ1n) is 16.3. The fraction of sp³-hybridized carbons (Fsp3) is 0.486. The van der Waals surface area contributed by atoms with Gasteiger partial charge in [0.1, 0.15) is 23.2 Å². The normalized spacial score (nSPS) is 11.2. The number of ether oxygens (including phenoxy) is 3. The average Bonchev–Trinajstić information content (AvgIpc) is 3.97. The Bertz CT molecular complexity index is 1540. The summed E-state index contributed by atoms with van der Waals surface area (Å²) in [6.07, 6.45) is 6.77. The summed E-state index contributed by atoms with van der Waals surface area (Å²) >= 11 is 14.2. The highest BCUT2D eigenvalue weighted by molar-refractivity contribution is 8.01. The topological polar surface area (TPSA) is 140 Å². The molecule has 282 valence electrons. The van der Waals surface area contributed by atoms with Crippen molar-refractivity contribution in [3.63, 3.8) is 0 Å². The summed E-state index contributed by atoms with van der Waals surface area (Å²) in [5.41, 5.74) is 1.95. The van der Waals surface area contributed by atoms with E-state index < -0.39 is 0 Å². The number of unbranched alkanes of at least 4 members (excludes halogenated alkanes) is 2. The number of halogens is 1. The van der Waals surface area contributed by atoms with Crippen LogP contribution in [0.3, 0.4) is 0 Å². The number of methoxy groups -OCH3 is 2. The van der Waals surface area contributed by atoms with E-state index in [2.05, 4.69) is 43.2 Å². The van der Waals surface area contributed by atoms with E-state index in [0.717, 1.165) is 84.8 Å². The number of nitrogens with zero attached hydrogens (tertiary/aromatic N) is 3. The highest BCUT2D eigenvalue weighted by atomic mass is 35.5. The number of rotatable bonds is 14. The Morgan fingerprint density at radius 3 is 1.90 bits per heavy atom. The molecule has 1 saturated heterocycles. The molecule has 2 aromatic heterocycles. The van der Waals surface area contributed by atoms with Crippen LogP contribution < -0.4 is 20.1 Å². The number of alkyl halides is 1. The third kappa shape index (κ3) is 19.9. The van der Waals surface area contributed by atoms with Crippen molar-refractivity contribution in [1.82, 2.24) is 29.3 Å². The summed E-state index contributed by atoms with van der Waals surface area (Å²) < 4.78 is 23.9. The first-order chi connectivity index (χ1) is 24.3. The maximum absolute atomic E-state index is 11.6. The van der Waals surface area contributed by atoms with E-state index in [4.69, 9.17) is 38.0 Å². The summed E-state index contributed by atoms with van der Waals surface area (Å²) in [5.74, 6) is 3.54. The van der Waals surface area contributed by atoms with Crippen molar-refractivity contribution < 1.29 is 23.8 Å². The molecular weight excluding hydrogens is 748 g/mol. The molecule has 3 N–H and O–H groups in total. The van der Waals surface area contributed by atoms with Crippen LogP contribution in [0.1, 0.15) is 59.8 Å². The van der Waals surface area contributed by atoms with Crippen LogP contribution in [-0.4, -0.2) is 82.7 Å². The van der Waals surface area contributed by atoms with Crippen molar-refractivity contribution in [3.8, 4) is 34.3 Å². The van der Waals surface area contributed by atoms with E-state index in [9.17, 15) is 9.59 Å². The molecule has 51 heavy (non-hydrogen) atoms. The van der Waals surface area contributed by atoms with Gasteiger partial charge in [-0.25, -0.2) is 9.97 Å². The van der Waals surface area contributed by atoms with Gasteiger partial charge >= 0.3 is 0 Å². The van der Waals surface area contributed by atoms with E-state index in [1.807, 2.05) is 48.5 Å². The Morgan fingerprint density at radius 1 is 0.902 bits per heavy atom. The van der Waals surface area contributed by atoms with E-state index in [-0.39, 0.29) is 25.1 Å². The molecule has 0 radical (unpaired) electrons. The SMILES string of the molecule is C.C1CCOC1.CCCCNC(=O)CCl.CCCCNC(=O)CSc1nc(-c2ccc(OC)cc2)ns1.COc1ccc(-c2nc(=S)s[nH]2)cc1. The Balaban J connectivity index is 0.000000382. The third-order valence-corrected chi connectivity index (χ3v) is 9.52. The van der Waals surface area contributed by atoms with Gasteiger partial charge in [-0.1, -0.05) is 45.9 Å². The van der Waals surface area contributed by atoms with E-state index in [1.165, 1.54) is 47.7 Å². The van der Waals surface area contributed by atoms with Gasteiger partial charge in [-0.2, -0.15) is 4.37 Å². The molecule has 0 unspecified atom stereocenters. The van der Waals surface area contributed by atoms with Gasteiger partial charge in [0, 0.05) is 37.4 Å². The maximum atomic E-state index is 11.6. The fourth-order valence-corrected chi connectivity index (χ4v) is 6.01. The van der Waals surface area contributed by atoms with Crippen LogP contribution in [0.4, 0.5) is 0 Å². The number of aromatic nitrogens is 4. The van der Waals surface area contributed by atoms with Gasteiger partial charge in [-0.05, 0) is 109 Å². The molecule has 0 bridgehead atoms. The highest BCUT2D eigenvalue weighted by Gasteiger charge is 2.09. The molecule has 0 aliphatic carbocycles. The Morgan fingerprint density at radius 2 is 1.45 bits per heavy atom. The van der Waals surface area contributed by atoms with Crippen molar-refractivity contribution in [2.45, 2.75) is 64.1 Å². The van der Waals surface area contributed by atoms with Crippen molar-refractivity contribution in [2.75, 3.05) is 52.2 Å². The molecule has 2 aromatic carbocycles. The Kier molecular flexibility index (Phi) is 25.7. The van der Waals surface area contributed by atoms with Crippen molar-refractivity contribution >= 4 is 70.5 Å². The number of hydrogen-bond acceptors (Lipinski definition) is 12. The minimum atomic E-state index is -0.0786. The molecule has 1 fully saturated rings. The number of carbonyl (C=O) groups excluding carboxylic acids is 2. The van der Waals surface area contributed by atoms with Crippen molar-refractivity contribution in [1.29, 1.82) is 0 Å². The molecule has 0 saturated carbocycles. The zero-order valence-corrected chi connectivity index (χ0v) is 33.0. The molecule has 2 amide bonds. The van der Waals surface area contributed by atoms with E-state index >= 15 is 0 Å². The van der Waals surface area contributed by atoms with Crippen molar-refractivity contribution in [3.05, 3.63) is 52.5 Å². The number of amides is 2.